The number of carbonyl (C=O) groups is 6. The zero-order chi connectivity index (χ0) is 28.4. The van der Waals surface area contributed by atoms with Crippen LogP contribution in [-0.2, 0) is 23.9 Å². The highest BCUT2D eigenvalue weighted by atomic mass is 16.5. The number of Topliss-reactive ketones (excluding diaryl/α,β-unsaturated/α-hetero) is 4. The summed E-state index contributed by atoms with van der Waals surface area (Å²) in [6.07, 6.45) is -0.906. The Bertz CT molecular complexity index is 1510. The zero-order valence-corrected chi connectivity index (χ0v) is 20.5. The average Bonchev–Trinajstić information content (AvgIpc) is 2.90. The molecule has 200 valence electrons. The number of ketones is 4. The van der Waals surface area contributed by atoms with Crippen molar-refractivity contribution in [2.24, 2.45) is 29.4 Å². The first-order chi connectivity index (χ1) is 18.4. The number of phenols is 1. The molecule has 2 aromatic rings. The van der Waals surface area contributed by atoms with Gasteiger partial charge in [-0.15, -0.1) is 0 Å². The Labute approximate surface area is 220 Å². The molecule has 0 radical (unpaired) electrons. The van der Waals surface area contributed by atoms with Crippen molar-refractivity contribution in [1.29, 1.82) is 0 Å². The smallest absolute Gasteiger partial charge is 0.337 e. The lowest BCUT2D eigenvalue weighted by molar-refractivity contribution is -0.185. The standard InChI is InChI=1S/C28H23NO10/c1-39-27(37)12-7-5-11(6-8-12)9-14-13-3-2-4-16(30)18(13)23(33)21-19(14)22(32)15-10-17(31)20(26(29)36)24(34)28(15,38)25(21)35/h2-9,15,19-22,30,32,38H,10H2,1H3,(H2,29,36). The van der Waals surface area contributed by atoms with Gasteiger partial charge in [-0.1, -0.05) is 30.3 Å². The number of hydrogen-bond acceptors (Lipinski definition) is 10. The van der Waals surface area contributed by atoms with Crippen LogP contribution in [0.15, 0.2) is 42.5 Å². The summed E-state index contributed by atoms with van der Waals surface area (Å²) in [5, 5.41) is 33.5. The molecule has 0 aliphatic heterocycles. The van der Waals surface area contributed by atoms with Crippen LogP contribution in [0.5, 0.6) is 5.75 Å². The number of phenolic OH excluding ortho intramolecular Hbond substituents is 1. The van der Waals surface area contributed by atoms with Crippen molar-refractivity contribution in [2.45, 2.75) is 18.1 Å². The number of methoxy groups -OCH3 is 1. The van der Waals surface area contributed by atoms with Crippen molar-refractivity contribution in [2.75, 3.05) is 7.11 Å². The van der Waals surface area contributed by atoms with Crippen LogP contribution in [0.3, 0.4) is 0 Å². The van der Waals surface area contributed by atoms with Crippen molar-refractivity contribution >= 4 is 46.7 Å². The van der Waals surface area contributed by atoms with Crippen LogP contribution >= 0.6 is 0 Å². The lowest BCUT2D eigenvalue weighted by Gasteiger charge is -2.51. The Hall–Kier alpha value is -4.48. The van der Waals surface area contributed by atoms with Crippen molar-refractivity contribution in [3.63, 3.8) is 0 Å². The summed E-state index contributed by atoms with van der Waals surface area (Å²) in [4.78, 5) is 76.9. The summed E-state index contributed by atoms with van der Waals surface area (Å²) in [6, 6.07) is 10.3. The first-order valence-corrected chi connectivity index (χ1v) is 12.0. The molecule has 0 bridgehead atoms. The fourth-order valence-electron chi connectivity index (χ4n) is 6.05. The van der Waals surface area contributed by atoms with Gasteiger partial charge in [0.25, 0.3) is 0 Å². The monoisotopic (exact) mass is 533 g/mol. The summed E-state index contributed by atoms with van der Waals surface area (Å²) in [7, 11) is 1.23. The lowest BCUT2D eigenvalue weighted by Crippen LogP contribution is -2.72. The molecular formula is C28H23NO10. The Balaban J connectivity index is 1.70. The van der Waals surface area contributed by atoms with E-state index in [0.717, 1.165) is 0 Å². The van der Waals surface area contributed by atoms with E-state index in [-0.39, 0.29) is 22.3 Å². The SMILES string of the molecule is COC(=O)c1ccc(C=C2c3cccc(O)c3C(=O)C3C(=O)C4(O)C(=O)C(C(N)=O)C(=O)CC4C(O)C23)cc1. The van der Waals surface area contributed by atoms with Gasteiger partial charge in [0.2, 0.25) is 5.91 Å². The highest BCUT2D eigenvalue weighted by Gasteiger charge is 2.69. The van der Waals surface area contributed by atoms with Crippen LogP contribution < -0.4 is 5.73 Å². The van der Waals surface area contributed by atoms with Gasteiger partial charge in [0.05, 0.1) is 30.3 Å². The Morgan fingerprint density at radius 3 is 2.33 bits per heavy atom. The zero-order valence-electron chi connectivity index (χ0n) is 20.5. The third-order valence-corrected chi connectivity index (χ3v) is 7.89. The molecule has 0 heterocycles. The van der Waals surface area contributed by atoms with E-state index in [9.17, 15) is 44.1 Å². The van der Waals surface area contributed by atoms with Gasteiger partial charge in [0.1, 0.15) is 5.75 Å². The van der Waals surface area contributed by atoms with E-state index in [4.69, 9.17) is 10.5 Å². The summed E-state index contributed by atoms with van der Waals surface area (Å²) >= 11 is 0. The first kappa shape index (κ1) is 26.1. The molecule has 1 amide bonds. The van der Waals surface area contributed by atoms with E-state index < -0.39 is 82.6 Å². The molecule has 11 heteroatoms. The largest absolute Gasteiger partial charge is 0.507 e. The van der Waals surface area contributed by atoms with Crippen LogP contribution in [0, 0.1) is 23.7 Å². The highest BCUT2D eigenvalue weighted by Crippen LogP contribution is 2.54. The van der Waals surface area contributed by atoms with Gasteiger partial charge in [-0.05, 0) is 34.9 Å². The summed E-state index contributed by atoms with van der Waals surface area (Å²) < 4.78 is 4.70. The molecule has 2 saturated carbocycles. The molecule has 5 N–H and O–H groups in total. The number of amides is 1. The number of ether oxygens (including phenoxy) is 1. The van der Waals surface area contributed by atoms with E-state index in [1.165, 1.54) is 37.4 Å². The second-order valence-electron chi connectivity index (χ2n) is 9.88. The number of primary amides is 1. The number of nitrogens with two attached hydrogens (primary N) is 1. The van der Waals surface area contributed by atoms with Crippen molar-refractivity contribution in [3.8, 4) is 5.75 Å². The molecule has 3 aliphatic carbocycles. The molecule has 0 saturated heterocycles. The number of aliphatic hydroxyl groups is 2. The van der Waals surface area contributed by atoms with Gasteiger partial charge in [-0.25, -0.2) is 4.79 Å². The molecule has 0 aromatic heterocycles. The molecule has 6 atom stereocenters. The predicted molar refractivity (Wildman–Crippen MR) is 132 cm³/mol. The molecule has 0 spiro atoms. The van der Waals surface area contributed by atoms with Gasteiger partial charge in [0.15, 0.2) is 34.7 Å². The second kappa shape index (κ2) is 9.07. The third kappa shape index (κ3) is 3.65. The minimum Gasteiger partial charge on any atom is -0.507 e. The Morgan fingerprint density at radius 1 is 1.05 bits per heavy atom. The third-order valence-electron chi connectivity index (χ3n) is 7.89. The maximum Gasteiger partial charge on any atom is 0.337 e. The van der Waals surface area contributed by atoms with Gasteiger partial charge >= 0.3 is 5.97 Å². The number of fused-ring (bicyclic) bond motifs is 3. The van der Waals surface area contributed by atoms with Crippen molar-refractivity contribution < 1.29 is 48.8 Å². The Kier molecular flexibility index (Phi) is 6.08. The molecule has 39 heavy (non-hydrogen) atoms. The fraction of sp³-hybridized carbons (Fsp3) is 0.286. The van der Waals surface area contributed by atoms with Crippen LogP contribution in [0.2, 0.25) is 0 Å². The molecule has 6 unspecified atom stereocenters. The molecule has 2 fully saturated rings. The van der Waals surface area contributed by atoms with E-state index in [1.54, 1.807) is 18.2 Å². The number of benzene rings is 2. The van der Waals surface area contributed by atoms with Crippen LogP contribution in [0.1, 0.15) is 38.3 Å². The molecule has 2 aromatic carbocycles. The minimum absolute atomic E-state index is 0.207. The van der Waals surface area contributed by atoms with Gasteiger partial charge in [-0.3, -0.25) is 24.0 Å². The van der Waals surface area contributed by atoms with E-state index >= 15 is 0 Å². The van der Waals surface area contributed by atoms with E-state index in [1.807, 2.05) is 0 Å². The average molecular weight is 533 g/mol. The normalized spacial score (nSPS) is 30.8. The van der Waals surface area contributed by atoms with Gasteiger partial charge < -0.3 is 25.8 Å². The number of hydrogen-bond donors (Lipinski definition) is 4. The van der Waals surface area contributed by atoms with Crippen LogP contribution in [0.4, 0.5) is 0 Å². The summed E-state index contributed by atoms with van der Waals surface area (Å²) in [6.45, 7) is 0. The maximum absolute atomic E-state index is 13.8. The van der Waals surface area contributed by atoms with E-state index in [0.29, 0.717) is 5.56 Å². The topological polar surface area (TPSA) is 198 Å². The predicted octanol–water partition coefficient (Wildman–Crippen LogP) is 0.0824. The van der Waals surface area contributed by atoms with Crippen LogP contribution in [-0.4, -0.2) is 69.1 Å². The minimum atomic E-state index is -3.01. The number of esters is 1. The number of aromatic hydroxyl groups is 1. The molecule has 3 aliphatic rings. The van der Waals surface area contributed by atoms with Crippen LogP contribution in [0.25, 0.3) is 11.6 Å². The molecule has 5 rings (SSSR count). The quantitative estimate of drug-likeness (QED) is 0.310. The molecule has 11 nitrogen and oxygen atoms in total. The molecular weight excluding hydrogens is 510 g/mol. The van der Waals surface area contributed by atoms with Gasteiger partial charge in [0, 0.05) is 18.3 Å². The van der Waals surface area contributed by atoms with E-state index in [2.05, 4.69) is 0 Å². The lowest BCUT2D eigenvalue weighted by atomic mass is 9.51. The van der Waals surface area contributed by atoms with Crippen molar-refractivity contribution in [3.05, 3.63) is 64.7 Å². The second-order valence-corrected chi connectivity index (χ2v) is 9.88. The van der Waals surface area contributed by atoms with Crippen molar-refractivity contribution in [1.82, 2.24) is 0 Å². The number of carbonyl (C=O) groups excluding carboxylic acids is 6. The fourth-order valence-corrected chi connectivity index (χ4v) is 6.05. The highest BCUT2D eigenvalue weighted by molar-refractivity contribution is 6.32. The Morgan fingerprint density at radius 2 is 1.72 bits per heavy atom. The first-order valence-electron chi connectivity index (χ1n) is 12.0. The number of aliphatic hydroxyl groups excluding tert-OH is 1. The van der Waals surface area contributed by atoms with Gasteiger partial charge in [-0.2, -0.15) is 0 Å². The maximum atomic E-state index is 13.8. The summed E-state index contributed by atoms with van der Waals surface area (Å²) in [5.41, 5.74) is 3.12. The number of rotatable bonds is 3. The summed E-state index contributed by atoms with van der Waals surface area (Å²) in [5.74, 6) is -13.9.